The third-order valence-corrected chi connectivity index (χ3v) is 4.79. The highest BCUT2D eigenvalue weighted by atomic mass is 16.3. The van der Waals surface area contributed by atoms with Crippen molar-refractivity contribution in [2.24, 2.45) is 0 Å². The van der Waals surface area contributed by atoms with E-state index < -0.39 is 0 Å². The lowest BCUT2D eigenvalue weighted by atomic mass is 9.87. The first kappa shape index (κ1) is 20.3. The van der Waals surface area contributed by atoms with Gasteiger partial charge in [0.25, 0.3) is 5.91 Å². The topological polar surface area (TPSA) is 85.8 Å². The Morgan fingerprint density at radius 1 is 1.00 bits per heavy atom. The van der Waals surface area contributed by atoms with Crippen molar-refractivity contribution < 1.29 is 9.21 Å². The molecule has 1 amide bonds. The average Bonchev–Trinajstić information content (AvgIpc) is 3.44. The quantitative estimate of drug-likeness (QED) is 0.472. The number of amides is 1. The van der Waals surface area contributed by atoms with E-state index in [1.54, 1.807) is 24.5 Å². The first-order valence-electron chi connectivity index (χ1n) is 9.93. The highest BCUT2D eigenvalue weighted by Gasteiger charge is 2.20. The van der Waals surface area contributed by atoms with Crippen LogP contribution >= 0.6 is 0 Å². The van der Waals surface area contributed by atoms with Crippen molar-refractivity contribution in [1.29, 1.82) is 0 Å². The minimum atomic E-state index is -0.357. The summed E-state index contributed by atoms with van der Waals surface area (Å²) in [7, 11) is 0. The van der Waals surface area contributed by atoms with Crippen LogP contribution in [0.4, 0.5) is 5.69 Å². The number of benzene rings is 2. The first-order chi connectivity index (χ1) is 14.9. The van der Waals surface area contributed by atoms with E-state index in [9.17, 15) is 4.79 Å². The van der Waals surface area contributed by atoms with Gasteiger partial charge in [0.05, 0.1) is 6.26 Å². The van der Waals surface area contributed by atoms with Crippen molar-refractivity contribution in [3.8, 4) is 11.4 Å². The highest BCUT2D eigenvalue weighted by Crippen LogP contribution is 2.25. The van der Waals surface area contributed by atoms with Gasteiger partial charge in [-0.25, -0.2) is 0 Å². The summed E-state index contributed by atoms with van der Waals surface area (Å²) in [6.07, 6.45) is 3.16. The molecular weight excluding hydrogens is 390 g/mol. The first-order valence-corrected chi connectivity index (χ1v) is 9.93. The van der Waals surface area contributed by atoms with Gasteiger partial charge in [-0.05, 0) is 45.7 Å². The van der Waals surface area contributed by atoms with E-state index in [0.717, 1.165) is 5.56 Å². The second-order valence-corrected chi connectivity index (χ2v) is 8.11. The van der Waals surface area contributed by atoms with Gasteiger partial charge in [0.1, 0.15) is 11.5 Å². The molecule has 156 valence electrons. The van der Waals surface area contributed by atoms with Gasteiger partial charge in [-0.2, -0.15) is 4.68 Å². The van der Waals surface area contributed by atoms with Gasteiger partial charge in [-0.3, -0.25) is 4.79 Å². The molecule has 0 radical (unpaired) electrons. The van der Waals surface area contributed by atoms with Crippen LogP contribution in [0, 0.1) is 0 Å². The summed E-state index contributed by atoms with van der Waals surface area (Å²) in [6, 6.07) is 20.8. The molecule has 0 fully saturated rings. The maximum absolute atomic E-state index is 13.3. The summed E-state index contributed by atoms with van der Waals surface area (Å²) < 4.78 is 6.84. The van der Waals surface area contributed by atoms with Crippen molar-refractivity contribution in [2.45, 2.75) is 26.2 Å². The SMILES string of the molecule is CC(C)(C)c1ccc(NC(=O)/C(=C/c2ccco2)n2nnnc2-c2ccccc2)cc1. The Balaban J connectivity index is 1.69. The average molecular weight is 413 g/mol. The zero-order chi connectivity index (χ0) is 21.8. The van der Waals surface area contributed by atoms with E-state index >= 15 is 0 Å². The van der Waals surface area contributed by atoms with E-state index in [1.165, 1.54) is 10.2 Å². The number of nitrogens with zero attached hydrogens (tertiary/aromatic N) is 4. The van der Waals surface area contributed by atoms with E-state index in [2.05, 4.69) is 41.6 Å². The molecular formula is C24H23N5O2. The van der Waals surface area contributed by atoms with Crippen LogP contribution in [0.3, 0.4) is 0 Å². The molecule has 2 aromatic carbocycles. The standard InChI is InChI=1S/C24H23N5O2/c1-24(2,3)18-11-13-19(14-12-18)25-23(30)21(16-20-10-7-15-31-20)29-22(26-27-28-29)17-8-5-4-6-9-17/h4-16H,1-3H3,(H,25,30)/b21-16-. The molecule has 0 aliphatic heterocycles. The Hall–Kier alpha value is -4.00. The summed E-state index contributed by atoms with van der Waals surface area (Å²) >= 11 is 0. The number of hydrogen-bond donors (Lipinski definition) is 1. The molecule has 0 saturated carbocycles. The maximum atomic E-state index is 13.3. The number of hydrogen-bond acceptors (Lipinski definition) is 5. The van der Waals surface area contributed by atoms with Crippen LogP contribution in [-0.4, -0.2) is 26.1 Å². The number of carbonyl (C=O) groups is 1. The van der Waals surface area contributed by atoms with Crippen molar-refractivity contribution in [1.82, 2.24) is 20.2 Å². The minimum Gasteiger partial charge on any atom is -0.465 e. The summed E-state index contributed by atoms with van der Waals surface area (Å²) in [4.78, 5) is 13.3. The molecule has 0 spiro atoms. The number of anilines is 1. The molecule has 4 rings (SSSR count). The highest BCUT2D eigenvalue weighted by molar-refractivity contribution is 6.24. The van der Waals surface area contributed by atoms with E-state index in [0.29, 0.717) is 17.3 Å². The van der Waals surface area contributed by atoms with Gasteiger partial charge >= 0.3 is 0 Å². The van der Waals surface area contributed by atoms with E-state index in [4.69, 9.17) is 4.42 Å². The molecule has 1 N–H and O–H groups in total. The molecule has 7 heteroatoms. The van der Waals surface area contributed by atoms with Crippen LogP contribution in [0.2, 0.25) is 0 Å². The number of tetrazole rings is 1. The molecule has 0 saturated heterocycles. The molecule has 2 heterocycles. The lowest BCUT2D eigenvalue weighted by Gasteiger charge is -2.19. The molecule has 0 atom stereocenters. The lowest BCUT2D eigenvalue weighted by molar-refractivity contribution is -0.111. The van der Waals surface area contributed by atoms with Gasteiger partial charge in [0, 0.05) is 17.3 Å². The van der Waals surface area contributed by atoms with Crippen LogP contribution in [0.1, 0.15) is 32.1 Å². The number of furan rings is 1. The predicted octanol–water partition coefficient (Wildman–Crippen LogP) is 4.87. The molecule has 31 heavy (non-hydrogen) atoms. The Morgan fingerprint density at radius 3 is 2.39 bits per heavy atom. The fraction of sp³-hybridized carbons (Fsp3) is 0.167. The Bertz CT molecular complexity index is 1190. The second kappa shape index (κ2) is 8.39. The molecule has 7 nitrogen and oxygen atoms in total. The molecule has 0 bridgehead atoms. The minimum absolute atomic E-state index is 0.0316. The van der Waals surface area contributed by atoms with Gasteiger partial charge in [0.2, 0.25) is 0 Å². The second-order valence-electron chi connectivity index (χ2n) is 8.11. The monoisotopic (exact) mass is 413 g/mol. The predicted molar refractivity (Wildman–Crippen MR) is 120 cm³/mol. The molecule has 0 unspecified atom stereocenters. The number of aromatic nitrogens is 4. The van der Waals surface area contributed by atoms with E-state index in [1.807, 2.05) is 54.6 Å². The molecule has 0 aliphatic carbocycles. The Kier molecular flexibility index (Phi) is 5.49. The third kappa shape index (κ3) is 4.61. The number of carbonyl (C=O) groups excluding carboxylic acids is 1. The zero-order valence-corrected chi connectivity index (χ0v) is 17.6. The van der Waals surface area contributed by atoms with Crippen molar-refractivity contribution in [2.75, 3.05) is 5.32 Å². The van der Waals surface area contributed by atoms with E-state index in [-0.39, 0.29) is 17.0 Å². The van der Waals surface area contributed by atoms with Crippen molar-refractivity contribution >= 4 is 23.4 Å². The largest absolute Gasteiger partial charge is 0.465 e. The van der Waals surface area contributed by atoms with Gasteiger partial charge < -0.3 is 9.73 Å². The summed E-state index contributed by atoms with van der Waals surface area (Å²) in [5.41, 5.74) is 2.92. The van der Waals surface area contributed by atoms with Gasteiger partial charge in [-0.1, -0.05) is 63.2 Å². The zero-order valence-electron chi connectivity index (χ0n) is 17.6. The number of rotatable bonds is 5. The molecule has 0 aliphatic rings. The third-order valence-electron chi connectivity index (χ3n) is 4.79. The summed E-state index contributed by atoms with van der Waals surface area (Å²) in [5.74, 6) is 0.615. The smallest absolute Gasteiger partial charge is 0.274 e. The van der Waals surface area contributed by atoms with Gasteiger partial charge in [0.15, 0.2) is 5.82 Å². The van der Waals surface area contributed by atoms with Crippen LogP contribution < -0.4 is 5.32 Å². The van der Waals surface area contributed by atoms with Crippen molar-refractivity contribution in [3.63, 3.8) is 0 Å². The Labute approximate surface area is 180 Å². The lowest BCUT2D eigenvalue weighted by Crippen LogP contribution is -2.19. The summed E-state index contributed by atoms with van der Waals surface area (Å²) in [5, 5.41) is 14.9. The number of nitrogens with one attached hydrogen (secondary N) is 1. The summed E-state index contributed by atoms with van der Waals surface area (Å²) in [6.45, 7) is 6.44. The van der Waals surface area contributed by atoms with Crippen molar-refractivity contribution in [3.05, 3.63) is 84.3 Å². The van der Waals surface area contributed by atoms with Crippen LogP contribution in [0.25, 0.3) is 23.2 Å². The fourth-order valence-corrected chi connectivity index (χ4v) is 3.10. The molecule has 2 aromatic heterocycles. The Morgan fingerprint density at radius 2 is 1.74 bits per heavy atom. The van der Waals surface area contributed by atoms with Crippen LogP contribution in [0.15, 0.2) is 77.4 Å². The molecule has 4 aromatic rings. The van der Waals surface area contributed by atoms with Crippen LogP contribution in [-0.2, 0) is 10.2 Å². The van der Waals surface area contributed by atoms with Crippen LogP contribution in [0.5, 0.6) is 0 Å². The maximum Gasteiger partial charge on any atom is 0.274 e. The normalized spacial score (nSPS) is 12.0. The fourth-order valence-electron chi connectivity index (χ4n) is 3.10. The van der Waals surface area contributed by atoms with Gasteiger partial charge in [-0.15, -0.1) is 5.10 Å².